The highest BCUT2D eigenvalue weighted by molar-refractivity contribution is 7.92. The zero-order valence-corrected chi connectivity index (χ0v) is 20.6. The van der Waals surface area contributed by atoms with Crippen molar-refractivity contribution < 1.29 is 18.0 Å². The quantitative estimate of drug-likeness (QED) is 0.658. The summed E-state index contributed by atoms with van der Waals surface area (Å²) >= 11 is 0. The van der Waals surface area contributed by atoms with Crippen molar-refractivity contribution in [1.82, 2.24) is 4.90 Å². The number of likely N-dealkylation sites (tertiary alicyclic amines) is 1. The van der Waals surface area contributed by atoms with E-state index >= 15 is 0 Å². The van der Waals surface area contributed by atoms with Crippen molar-refractivity contribution in [3.8, 4) is 0 Å². The van der Waals surface area contributed by atoms with Crippen molar-refractivity contribution in [2.75, 3.05) is 29.0 Å². The highest BCUT2D eigenvalue weighted by Crippen LogP contribution is 2.27. The smallest absolute Gasteiger partial charge is 0.255 e. The van der Waals surface area contributed by atoms with Crippen LogP contribution in [0.3, 0.4) is 0 Å². The van der Waals surface area contributed by atoms with E-state index < -0.39 is 22.0 Å². The fourth-order valence-corrected chi connectivity index (χ4v) is 5.39. The van der Waals surface area contributed by atoms with Gasteiger partial charge in [-0.1, -0.05) is 25.1 Å². The molecule has 0 unspecified atom stereocenters. The predicted molar refractivity (Wildman–Crippen MR) is 132 cm³/mol. The zero-order valence-electron chi connectivity index (χ0n) is 19.8. The van der Waals surface area contributed by atoms with Crippen molar-refractivity contribution in [2.45, 2.75) is 52.5 Å². The van der Waals surface area contributed by atoms with E-state index in [1.54, 1.807) is 43.3 Å². The Hall–Kier alpha value is -2.87. The zero-order chi connectivity index (χ0) is 24.2. The molecule has 2 aromatic rings. The molecule has 2 aromatic carbocycles. The highest BCUT2D eigenvalue weighted by atomic mass is 32.2. The maximum atomic E-state index is 13.4. The van der Waals surface area contributed by atoms with E-state index in [4.69, 9.17) is 0 Å². The summed E-state index contributed by atoms with van der Waals surface area (Å²) in [6.07, 6.45) is 4.43. The molecule has 0 aliphatic carbocycles. The highest BCUT2D eigenvalue weighted by Gasteiger charge is 2.32. The van der Waals surface area contributed by atoms with Crippen LogP contribution in [0, 0.1) is 13.8 Å². The second-order valence-electron chi connectivity index (χ2n) is 8.64. The normalized spacial score (nSPS) is 15.1. The monoisotopic (exact) mass is 471 g/mol. The summed E-state index contributed by atoms with van der Waals surface area (Å²) in [5, 5.41) is 2.84. The Morgan fingerprint density at radius 2 is 1.70 bits per heavy atom. The molecule has 0 bridgehead atoms. The molecule has 178 valence electrons. The Labute approximate surface area is 196 Å². The minimum atomic E-state index is -3.74. The standard InChI is InChI=1S/C25H33N3O4S/c1-5-23(28(33(4,31)32)20-14-13-18(2)19(3)17-20)24(29)26-22-12-8-7-11-21(22)25(30)27-15-9-6-10-16-27/h7-8,11-14,17,23H,5-6,9-10,15-16H2,1-4H3,(H,26,29)/t23-/m0/s1. The number of hydrogen-bond donors (Lipinski definition) is 1. The van der Waals surface area contributed by atoms with Gasteiger partial charge in [0, 0.05) is 13.1 Å². The van der Waals surface area contributed by atoms with Gasteiger partial charge < -0.3 is 10.2 Å². The van der Waals surface area contributed by atoms with Crippen LogP contribution in [-0.2, 0) is 14.8 Å². The van der Waals surface area contributed by atoms with Crippen molar-refractivity contribution in [3.05, 3.63) is 59.2 Å². The van der Waals surface area contributed by atoms with Gasteiger partial charge in [0.15, 0.2) is 0 Å². The van der Waals surface area contributed by atoms with Gasteiger partial charge in [-0.2, -0.15) is 0 Å². The third kappa shape index (κ3) is 5.74. The van der Waals surface area contributed by atoms with Crippen LogP contribution in [0.1, 0.15) is 54.1 Å². The van der Waals surface area contributed by atoms with Crippen LogP contribution >= 0.6 is 0 Å². The van der Waals surface area contributed by atoms with Gasteiger partial charge in [0.25, 0.3) is 5.91 Å². The number of nitrogens with one attached hydrogen (secondary N) is 1. The minimum absolute atomic E-state index is 0.118. The first-order chi connectivity index (χ1) is 15.6. The van der Waals surface area contributed by atoms with E-state index in [0.29, 0.717) is 30.0 Å². The summed E-state index contributed by atoms with van der Waals surface area (Å²) in [7, 11) is -3.74. The largest absolute Gasteiger partial charge is 0.339 e. The molecule has 1 aliphatic heterocycles. The van der Waals surface area contributed by atoms with Crippen molar-refractivity contribution in [2.24, 2.45) is 0 Å². The number of hydrogen-bond acceptors (Lipinski definition) is 4. The van der Waals surface area contributed by atoms with Crippen LogP contribution in [0.2, 0.25) is 0 Å². The van der Waals surface area contributed by atoms with Crippen molar-refractivity contribution >= 4 is 33.2 Å². The lowest BCUT2D eigenvalue weighted by Gasteiger charge is -2.31. The van der Waals surface area contributed by atoms with Gasteiger partial charge >= 0.3 is 0 Å². The summed E-state index contributed by atoms with van der Waals surface area (Å²) < 4.78 is 26.7. The first kappa shape index (κ1) is 24.8. The van der Waals surface area contributed by atoms with Crippen LogP contribution in [0.25, 0.3) is 0 Å². The molecule has 3 rings (SSSR count). The summed E-state index contributed by atoms with van der Waals surface area (Å²) in [6, 6.07) is 11.3. The van der Waals surface area contributed by atoms with Gasteiger partial charge in [-0.25, -0.2) is 8.42 Å². The van der Waals surface area contributed by atoms with Gasteiger partial charge in [0.1, 0.15) is 6.04 Å². The number of para-hydroxylation sites is 1. The Morgan fingerprint density at radius 1 is 1.03 bits per heavy atom. The molecule has 1 atom stereocenters. The lowest BCUT2D eigenvalue weighted by Crippen LogP contribution is -2.47. The van der Waals surface area contributed by atoms with Crippen molar-refractivity contribution in [3.63, 3.8) is 0 Å². The Balaban J connectivity index is 1.91. The fourth-order valence-electron chi connectivity index (χ4n) is 4.18. The summed E-state index contributed by atoms with van der Waals surface area (Å²) in [6.45, 7) is 7.03. The Morgan fingerprint density at radius 3 is 2.30 bits per heavy atom. The molecule has 0 radical (unpaired) electrons. The molecule has 7 nitrogen and oxygen atoms in total. The molecule has 1 saturated heterocycles. The van der Waals surface area contributed by atoms with Crippen LogP contribution in [0.5, 0.6) is 0 Å². The predicted octanol–water partition coefficient (Wildman–Crippen LogP) is 4.11. The minimum Gasteiger partial charge on any atom is -0.339 e. The number of rotatable bonds is 7. The molecule has 0 spiro atoms. The molecular weight excluding hydrogens is 438 g/mol. The van der Waals surface area contributed by atoms with E-state index in [0.717, 1.165) is 36.6 Å². The van der Waals surface area contributed by atoms with Crippen LogP contribution < -0.4 is 9.62 Å². The summed E-state index contributed by atoms with van der Waals surface area (Å²) in [4.78, 5) is 28.3. The Kier molecular flexibility index (Phi) is 7.79. The van der Waals surface area contributed by atoms with Gasteiger partial charge in [-0.15, -0.1) is 0 Å². The number of piperidine rings is 1. The first-order valence-electron chi connectivity index (χ1n) is 11.4. The average Bonchev–Trinajstić information content (AvgIpc) is 2.79. The average molecular weight is 472 g/mol. The van der Waals surface area contributed by atoms with Gasteiger partial charge in [0.2, 0.25) is 15.9 Å². The second kappa shape index (κ2) is 10.4. The van der Waals surface area contributed by atoms with E-state index in [1.165, 1.54) is 4.31 Å². The second-order valence-corrected chi connectivity index (χ2v) is 10.5. The molecular formula is C25H33N3O4S. The van der Waals surface area contributed by atoms with E-state index in [2.05, 4.69) is 5.32 Å². The fraction of sp³-hybridized carbons (Fsp3) is 0.440. The molecule has 1 heterocycles. The molecule has 2 amide bonds. The maximum Gasteiger partial charge on any atom is 0.255 e. The SMILES string of the molecule is CC[C@@H](C(=O)Nc1ccccc1C(=O)N1CCCCC1)N(c1ccc(C)c(C)c1)S(C)(=O)=O. The lowest BCUT2D eigenvalue weighted by atomic mass is 10.1. The number of nitrogens with zero attached hydrogens (tertiary/aromatic N) is 2. The van der Waals surface area contributed by atoms with E-state index in [1.807, 2.05) is 24.8 Å². The van der Waals surface area contributed by atoms with Crippen molar-refractivity contribution in [1.29, 1.82) is 0 Å². The number of amides is 2. The summed E-state index contributed by atoms with van der Waals surface area (Å²) in [5.41, 5.74) is 3.23. The molecule has 1 fully saturated rings. The van der Waals surface area contributed by atoms with Gasteiger partial charge in [0.05, 0.1) is 23.2 Å². The third-order valence-electron chi connectivity index (χ3n) is 6.13. The third-order valence-corrected chi connectivity index (χ3v) is 7.31. The van der Waals surface area contributed by atoms with E-state index in [9.17, 15) is 18.0 Å². The number of benzene rings is 2. The molecule has 33 heavy (non-hydrogen) atoms. The van der Waals surface area contributed by atoms with E-state index in [-0.39, 0.29) is 12.3 Å². The van der Waals surface area contributed by atoms with Gasteiger partial charge in [-0.3, -0.25) is 13.9 Å². The molecule has 8 heteroatoms. The summed E-state index contributed by atoms with van der Waals surface area (Å²) in [5.74, 6) is -0.590. The molecule has 1 N–H and O–H groups in total. The number of carbonyl (C=O) groups excluding carboxylic acids is 2. The number of sulfonamides is 1. The molecule has 1 aliphatic rings. The van der Waals surface area contributed by atoms with Crippen LogP contribution in [0.4, 0.5) is 11.4 Å². The first-order valence-corrected chi connectivity index (χ1v) is 13.2. The topological polar surface area (TPSA) is 86.8 Å². The number of anilines is 2. The number of carbonyl (C=O) groups is 2. The van der Waals surface area contributed by atoms with Crippen LogP contribution in [-0.4, -0.2) is 50.5 Å². The molecule has 0 saturated carbocycles. The Bertz CT molecular complexity index is 1120. The lowest BCUT2D eigenvalue weighted by molar-refractivity contribution is -0.117. The molecule has 0 aromatic heterocycles. The maximum absolute atomic E-state index is 13.4. The van der Waals surface area contributed by atoms with Crippen LogP contribution in [0.15, 0.2) is 42.5 Å². The van der Waals surface area contributed by atoms with Gasteiger partial charge in [-0.05, 0) is 74.9 Å². The number of aryl methyl sites for hydroxylation is 2.